The zero-order chi connectivity index (χ0) is 15.1. The molecule has 2 saturated carbocycles. The maximum atomic E-state index is 11.6. The van der Waals surface area contributed by atoms with Crippen molar-refractivity contribution in [2.45, 2.75) is 89.3 Å². The van der Waals surface area contributed by atoms with Crippen LogP contribution >= 0.6 is 0 Å². The predicted molar refractivity (Wildman–Crippen MR) is 80.6 cm³/mol. The van der Waals surface area contributed by atoms with E-state index in [0.717, 1.165) is 31.8 Å². The van der Waals surface area contributed by atoms with E-state index in [1.807, 2.05) is 0 Å². The summed E-state index contributed by atoms with van der Waals surface area (Å²) in [7, 11) is 0. The molecule has 0 aliphatic heterocycles. The van der Waals surface area contributed by atoms with E-state index in [1.54, 1.807) is 6.92 Å². The first-order valence-electron chi connectivity index (χ1n) is 8.32. The summed E-state index contributed by atoms with van der Waals surface area (Å²) in [5.41, 5.74) is 0. The third kappa shape index (κ3) is 5.44. The SMILES string of the molecule is C=CC(=O)OC(C)(OC1CCCCC1)OC1CCCCC1. The van der Waals surface area contributed by atoms with Crippen LogP contribution in [0.2, 0.25) is 0 Å². The van der Waals surface area contributed by atoms with Crippen molar-refractivity contribution >= 4 is 5.97 Å². The van der Waals surface area contributed by atoms with E-state index in [2.05, 4.69) is 6.58 Å². The fourth-order valence-electron chi connectivity index (χ4n) is 3.27. The molecule has 4 nitrogen and oxygen atoms in total. The van der Waals surface area contributed by atoms with Crippen LogP contribution in [0.3, 0.4) is 0 Å². The highest BCUT2D eigenvalue weighted by Crippen LogP contribution is 2.31. The number of rotatable bonds is 6. The highest BCUT2D eigenvalue weighted by atomic mass is 16.9. The summed E-state index contributed by atoms with van der Waals surface area (Å²) >= 11 is 0. The van der Waals surface area contributed by atoms with Gasteiger partial charge in [-0.3, -0.25) is 0 Å². The van der Waals surface area contributed by atoms with Crippen LogP contribution in [0.25, 0.3) is 0 Å². The maximum absolute atomic E-state index is 11.6. The van der Waals surface area contributed by atoms with Crippen molar-refractivity contribution in [3.63, 3.8) is 0 Å². The van der Waals surface area contributed by atoms with Gasteiger partial charge in [0.1, 0.15) is 0 Å². The highest BCUT2D eigenvalue weighted by Gasteiger charge is 2.37. The Morgan fingerprint density at radius 1 is 0.952 bits per heavy atom. The van der Waals surface area contributed by atoms with E-state index in [4.69, 9.17) is 14.2 Å². The molecular weight excluding hydrogens is 268 g/mol. The number of carbonyl (C=O) groups excluding carboxylic acids is 1. The van der Waals surface area contributed by atoms with Crippen molar-refractivity contribution in [2.75, 3.05) is 0 Å². The first kappa shape index (κ1) is 16.5. The van der Waals surface area contributed by atoms with E-state index in [1.165, 1.54) is 38.5 Å². The van der Waals surface area contributed by atoms with Gasteiger partial charge >= 0.3 is 11.9 Å². The Morgan fingerprint density at radius 2 is 1.38 bits per heavy atom. The van der Waals surface area contributed by atoms with Crippen LogP contribution in [0.4, 0.5) is 0 Å². The van der Waals surface area contributed by atoms with Gasteiger partial charge in [-0.1, -0.05) is 45.1 Å². The average molecular weight is 296 g/mol. The first-order chi connectivity index (χ1) is 10.1. The Morgan fingerprint density at radius 3 is 1.76 bits per heavy atom. The molecule has 0 aromatic heterocycles. The lowest BCUT2D eigenvalue weighted by atomic mass is 9.97. The number of carbonyl (C=O) groups is 1. The number of hydrogen-bond acceptors (Lipinski definition) is 4. The number of esters is 1. The van der Waals surface area contributed by atoms with Crippen LogP contribution < -0.4 is 0 Å². The summed E-state index contributed by atoms with van der Waals surface area (Å²) in [6.07, 6.45) is 12.6. The molecule has 21 heavy (non-hydrogen) atoms. The maximum Gasteiger partial charge on any atom is 0.334 e. The highest BCUT2D eigenvalue weighted by molar-refractivity contribution is 5.81. The van der Waals surface area contributed by atoms with E-state index in [-0.39, 0.29) is 12.2 Å². The van der Waals surface area contributed by atoms with Gasteiger partial charge in [-0.15, -0.1) is 0 Å². The lowest BCUT2D eigenvalue weighted by Gasteiger charge is -2.37. The summed E-state index contributed by atoms with van der Waals surface area (Å²) in [5, 5.41) is 0. The zero-order valence-electron chi connectivity index (χ0n) is 13.1. The van der Waals surface area contributed by atoms with Crippen LogP contribution in [0.5, 0.6) is 0 Å². The Bertz CT molecular complexity index is 321. The molecule has 0 unspecified atom stereocenters. The zero-order valence-corrected chi connectivity index (χ0v) is 13.1. The second kappa shape index (κ2) is 7.95. The van der Waals surface area contributed by atoms with E-state index in [0.29, 0.717) is 0 Å². The molecule has 0 aromatic rings. The molecule has 0 atom stereocenters. The smallest absolute Gasteiger partial charge is 0.334 e. The average Bonchev–Trinajstić information content (AvgIpc) is 2.48. The van der Waals surface area contributed by atoms with Crippen molar-refractivity contribution in [3.8, 4) is 0 Å². The monoisotopic (exact) mass is 296 g/mol. The minimum Gasteiger partial charge on any atom is -0.405 e. The normalized spacial score (nSPS) is 22.0. The van der Waals surface area contributed by atoms with Crippen molar-refractivity contribution in [2.24, 2.45) is 0 Å². The van der Waals surface area contributed by atoms with Crippen molar-refractivity contribution in [1.82, 2.24) is 0 Å². The lowest BCUT2D eigenvalue weighted by Crippen LogP contribution is -2.44. The topological polar surface area (TPSA) is 44.8 Å². The molecule has 0 spiro atoms. The van der Waals surface area contributed by atoms with Crippen LogP contribution in [-0.2, 0) is 19.0 Å². The molecule has 0 radical (unpaired) electrons. The van der Waals surface area contributed by atoms with Gasteiger partial charge in [-0.2, -0.15) is 0 Å². The summed E-state index contributed by atoms with van der Waals surface area (Å²) in [5.74, 6) is -1.78. The molecule has 2 aliphatic carbocycles. The predicted octanol–water partition coefficient (Wildman–Crippen LogP) is 4.09. The molecule has 2 aliphatic rings. The van der Waals surface area contributed by atoms with Gasteiger partial charge in [-0.25, -0.2) is 4.79 Å². The minimum atomic E-state index is -1.28. The van der Waals surface area contributed by atoms with Crippen molar-refractivity contribution in [3.05, 3.63) is 12.7 Å². The molecule has 0 aromatic carbocycles. The summed E-state index contributed by atoms with van der Waals surface area (Å²) in [6, 6.07) is 0. The lowest BCUT2D eigenvalue weighted by molar-refractivity contribution is -0.381. The Kier molecular flexibility index (Phi) is 6.24. The van der Waals surface area contributed by atoms with Gasteiger partial charge in [0.15, 0.2) is 0 Å². The molecular formula is C17H28O4. The second-order valence-corrected chi connectivity index (χ2v) is 6.24. The fraction of sp³-hybridized carbons (Fsp3) is 0.824. The van der Waals surface area contributed by atoms with Crippen molar-refractivity contribution in [1.29, 1.82) is 0 Å². The molecule has 4 heteroatoms. The summed E-state index contributed by atoms with van der Waals surface area (Å²) in [4.78, 5) is 11.6. The molecule has 2 fully saturated rings. The third-order valence-corrected chi connectivity index (χ3v) is 4.32. The Hall–Kier alpha value is -0.870. The Balaban J connectivity index is 1.96. The number of hydrogen-bond donors (Lipinski definition) is 0. The fourth-order valence-corrected chi connectivity index (χ4v) is 3.27. The quantitative estimate of drug-likeness (QED) is 0.421. The van der Waals surface area contributed by atoms with E-state index in [9.17, 15) is 4.79 Å². The van der Waals surface area contributed by atoms with Crippen LogP contribution in [0.15, 0.2) is 12.7 Å². The largest absolute Gasteiger partial charge is 0.405 e. The molecule has 0 amide bonds. The molecule has 0 saturated heterocycles. The second-order valence-electron chi connectivity index (χ2n) is 6.24. The van der Waals surface area contributed by atoms with Crippen LogP contribution in [0.1, 0.15) is 71.1 Å². The molecule has 0 heterocycles. The van der Waals surface area contributed by atoms with Crippen LogP contribution in [0, 0.1) is 0 Å². The van der Waals surface area contributed by atoms with E-state index < -0.39 is 11.9 Å². The van der Waals surface area contributed by atoms with Gasteiger partial charge in [0.2, 0.25) is 0 Å². The minimum absolute atomic E-state index is 0.116. The summed E-state index contributed by atoms with van der Waals surface area (Å²) < 4.78 is 17.5. The van der Waals surface area contributed by atoms with Gasteiger partial charge < -0.3 is 14.2 Å². The number of ether oxygens (including phenoxy) is 3. The van der Waals surface area contributed by atoms with Gasteiger partial charge in [-0.05, 0) is 25.7 Å². The van der Waals surface area contributed by atoms with Gasteiger partial charge in [0.05, 0.1) is 12.2 Å². The third-order valence-electron chi connectivity index (χ3n) is 4.32. The van der Waals surface area contributed by atoms with Gasteiger partial charge in [0.25, 0.3) is 0 Å². The molecule has 0 N–H and O–H groups in total. The van der Waals surface area contributed by atoms with Crippen LogP contribution in [-0.4, -0.2) is 24.2 Å². The Labute approximate surface area is 127 Å². The van der Waals surface area contributed by atoms with Gasteiger partial charge in [0, 0.05) is 13.0 Å². The molecule has 0 bridgehead atoms. The molecule has 120 valence electrons. The summed E-state index contributed by atoms with van der Waals surface area (Å²) in [6.45, 7) is 5.17. The standard InChI is InChI=1S/C17H28O4/c1-3-16(18)21-17(2,19-14-10-6-4-7-11-14)20-15-12-8-5-9-13-15/h3,14-15H,1,4-13H2,2H3. The first-order valence-corrected chi connectivity index (χ1v) is 8.32. The van der Waals surface area contributed by atoms with E-state index >= 15 is 0 Å². The molecule has 2 rings (SSSR count). The van der Waals surface area contributed by atoms with Crippen molar-refractivity contribution < 1.29 is 19.0 Å².